The van der Waals surface area contributed by atoms with Gasteiger partial charge < -0.3 is 22.4 Å². The van der Waals surface area contributed by atoms with Crippen molar-refractivity contribution >= 4 is 67.5 Å². The predicted molar refractivity (Wildman–Crippen MR) is 73.3 cm³/mol. The van der Waals surface area contributed by atoms with E-state index in [9.17, 15) is 0 Å². The van der Waals surface area contributed by atoms with Gasteiger partial charge >= 0.3 is 0 Å². The van der Waals surface area contributed by atoms with Crippen LogP contribution in [0.25, 0.3) is 0 Å². The van der Waals surface area contributed by atoms with E-state index in [1.807, 2.05) is 13.8 Å². The average Bonchev–Trinajstić information content (AvgIpc) is 2.12. The number of nitrogens with two attached hydrogens (primary N) is 1. The Hall–Kier alpha value is 0.990. The molecule has 76 valence electrons. The van der Waals surface area contributed by atoms with Crippen LogP contribution in [0.1, 0.15) is 13.8 Å². The van der Waals surface area contributed by atoms with Crippen LogP contribution >= 0.6 is 46.0 Å². The van der Waals surface area contributed by atoms with Gasteiger partial charge in [0.2, 0.25) is 4.32 Å². The quantitative estimate of drug-likeness (QED) is 0.358. The molecule has 0 atom stereocenters. The Bertz CT molecular complexity index is 201. The van der Waals surface area contributed by atoms with Crippen LogP contribution in [0.4, 0.5) is 0 Å². The number of thiocarbonyl (C=S) groups is 2. The zero-order chi connectivity index (χ0) is 10.5. The van der Waals surface area contributed by atoms with Gasteiger partial charge in [0.1, 0.15) is 4.32 Å². The molecular formula is C6H12N2S5. The van der Waals surface area contributed by atoms with Crippen LogP contribution in [0.2, 0.25) is 0 Å². The number of hydrogen-bond donors (Lipinski definition) is 1. The average molecular weight is 273 g/mol. The van der Waals surface area contributed by atoms with Gasteiger partial charge in [-0.25, -0.2) is 0 Å². The van der Waals surface area contributed by atoms with Crippen molar-refractivity contribution in [2.75, 3.05) is 13.1 Å². The number of hydrogen-bond acceptors (Lipinski definition) is 5. The lowest BCUT2D eigenvalue weighted by Gasteiger charge is -2.41. The summed E-state index contributed by atoms with van der Waals surface area (Å²) < 4.78 is 1.51. The summed E-state index contributed by atoms with van der Waals surface area (Å²) in [6, 6.07) is 0. The molecule has 0 amide bonds. The molecule has 0 spiro atoms. The lowest BCUT2D eigenvalue weighted by molar-refractivity contribution is -0.685. The van der Waals surface area contributed by atoms with Gasteiger partial charge in [-0.05, 0) is 36.9 Å². The van der Waals surface area contributed by atoms with Gasteiger partial charge in [0.05, 0.1) is 13.1 Å². The van der Waals surface area contributed by atoms with Crippen molar-refractivity contribution in [2.45, 2.75) is 13.8 Å². The maximum absolute atomic E-state index is 5.36. The summed E-state index contributed by atoms with van der Waals surface area (Å²) in [6.45, 7) is 5.68. The van der Waals surface area contributed by atoms with Crippen LogP contribution in [-0.4, -0.2) is 25.6 Å². The van der Waals surface area contributed by atoms with Crippen molar-refractivity contribution in [3.63, 3.8) is 0 Å². The van der Waals surface area contributed by atoms with E-state index in [0.717, 1.165) is 17.4 Å². The topological polar surface area (TPSA) is 26.0 Å². The van der Waals surface area contributed by atoms with Crippen LogP contribution in [0.5, 0.6) is 0 Å². The smallest absolute Gasteiger partial charge is 0.226 e. The number of quaternary nitrogens is 1. The summed E-state index contributed by atoms with van der Waals surface area (Å²) in [5, 5.41) is 0. The van der Waals surface area contributed by atoms with Gasteiger partial charge in [-0.2, -0.15) is 0 Å². The molecule has 0 aliphatic heterocycles. The first-order valence-electron chi connectivity index (χ1n) is 3.72. The highest BCUT2D eigenvalue weighted by Crippen LogP contribution is 2.28. The summed E-state index contributed by atoms with van der Waals surface area (Å²) in [6.07, 6.45) is 0. The molecule has 0 aromatic carbocycles. The third-order valence-electron chi connectivity index (χ3n) is 1.55. The van der Waals surface area contributed by atoms with Gasteiger partial charge in [0.15, 0.2) is 0 Å². The Balaban J connectivity index is 4.15. The SMILES string of the molecule is CC[N+]([S-])(CC)C(=S)SSC(N)=S. The Morgan fingerprint density at radius 3 is 2.08 bits per heavy atom. The molecular weight excluding hydrogens is 260 g/mol. The molecule has 0 aromatic rings. The standard InChI is InChI=1S/C6H12N2S5/c1-3-8(11,4-2)6(10)13-12-5(7)9/h3-4H2,1-2H3,(H2,7,9). The van der Waals surface area contributed by atoms with Crippen LogP contribution in [0.3, 0.4) is 0 Å². The first-order valence-corrected chi connectivity index (χ1v) is 7.06. The van der Waals surface area contributed by atoms with E-state index in [1.165, 1.54) is 21.6 Å². The molecule has 0 fully saturated rings. The van der Waals surface area contributed by atoms with E-state index in [-0.39, 0.29) is 0 Å². The van der Waals surface area contributed by atoms with Crippen LogP contribution < -0.4 is 5.73 Å². The minimum absolute atomic E-state index is 0.371. The lowest BCUT2D eigenvalue weighted by Crippen LogP contribution is -2.44. The minimum atomic E-state index is 0.371. The summed E-state index contributed by atoms with van der Waals surface area (Å²) in [7, 11) is 2.69. The Kier molecular flexibility index (Phi) is 6.96. The van der Waals surface area contributed by atoms with Crippen LogP contribution in [0.15, 0.2) is 0 Å². The van der Waals surface area contributed by atoms with E-state index in [2.05, 4.69) is 0 Å². The molecule has 0 bridgehead atoms. The monoisotopic (exact) mass is 272 g/mol. The highest BCUT2D eigenvalue weighted by Gasteiger charge is 2.18. The van der Waals surface area contributed by atoms with Crippen molar-refractivity contribution < 1.29 is 3.89 Å². The van der Waals surface area contributed by atoms with Gasteiger partial charge in [-0.15, -0.1) is 0 Å². The summed E-state index contributed by atoms with van der Waals surface area (Å²) in [5.74, 6) is 0. The third kappa shape index (κ3) is 4.85. The fraction of sp³-hybridized carbons (Fsp3) is 0.667. The van der Waals surface area contributed by atoms with Crippen molar-refractivity contribution in [2.24, 2.45) is 5.73 Å². The molecule has 2 N–H and O–H groups in total. The second kappa shape index (κ2) is 6.47. The molecule has 2 nitrogen and oxygen atoms in total. The molecule has 0 saturated carbocycles. The van der Waals surface area contributed by atoms with Gasteiger partial charge in [0.25, 0.3) is 0 Å². The lowest BCUT2D eigenvalue weighted by atomic mass is 10.6. The van der Waals surface area contributed by atoms with Gasteiger partial charge in [0, 0.05) is 10.8 Å². The van der Waals surface area contributed by atoms with E-state index < -0.39 is 0 Å². The van der Waals surface area contributed by atoms with Gasteiger partial charge in [-0.3, -0.25) is 0 Å². The molecule has 0 rings (SSSR count). The number of nitrogens with zero attached hydrogens (tertiary/aromatic N) is 1. The van der Waals surface area contributed by atoms with E-state index in [0.29, 0.717) is 8.21 Å². The van der Waals surface area contributed by atoms with Crippen LogP contribution in [0, 0.1) is 0 Å². The maximum Gasteiger partial charge on any atom is 0.226 e. The predicted octanol–water partition coefficient (Wildman–Crippen LogP) is 2.21. The molecule has 0 aromatic heterocycles. The molecule has 13 heavy (non-hydrogen) atoms. The summed E-state index contributed by atoms with van der Waals surface area (Å²) in [4.78, 5) is 0. The number of rotatable bonds is 2. The maximum atomic E-state index is 5.36. The minimum Gasteiger partial charge on any atom is -0.486 e. The molecule has 7 heteroatoms. The molecule has 0 heterocycles. The van der Waals surface area contributed by atoms with Gasteiger partial charge in [-0.1, -0.05) is 12.2 Å². The zero-order valence-corrected chi connectivity index (χ0v) is 11.6. The molecule has 0 saturated heterocycles. The highest BCUT2D eigenvalue weighted by molar-refractivity contribution is 8.89. The fourth-order valence-electron chi connectivity index (χ4n) is 0.626. The van der Waals surface area contributed by atoms with Crippen molar-refractivity contribution in [3.8, 4) is 0 Å². The highest BCUT2D eigenvalue weighted by atomic mass is 33.1. The third-order valence-corrected chi connectivity index (χ3v) is 5.96. The normalized spacial score (nSPS) is 11.3. The molecule has 0 aliphatic carbocycles. The van der Waals surface area contributed by atoms with Crippen molar-refractivity contribution in [1.29, 1.82) is 0 Å². The van der Waals surface area contributed by atoms with Crippen molar-refractivity contribution in [1.82, 2.24) is 0 Å². The fourth-order valence-corrected chi connectivity index (χ4v) is 3.19. The van der Waals surface area contributed by atoms with E-state index in [1.54, 1.807) is 0 Å². The van der Waals surface area contributed by atoms with E-state index in [4.69, 9.17) is 43.0 Å². The van der Waals surface area contributed by atoms with Crippen molar-refractivity contribution in [3.05, 3.63) is 0 Å². The second-order valence-corrected chi connectivity index (χ2v) is 6.48. The first-order chi connectivity index (χ1) is 5.96. The van der Waals surface area contributed by atoms with E-state index >= 15 is 0 Å². The van der Waals surface area contributed by atoms with Crippen LogP contribution in [-0.2, 0) is 12.8 Å². The zero-order valence-electron chi connectivity index (χ0n) is 7.48. The molecule has 0 radical (unpaired) electrons. The first kappa shape index (κ1) is 14.0. The summed E-state index contributed by atoms with van der Waals surface area (Å²) >= 11 is 15.3. The second-order valence-electron chi connectivity index (χ2n) is 2.27. The molecule has 0 unspecified atom stereocenters. The Labute approximate surface area is 104 Å². The molecule has 0 aliphatic rings. The Morgan fingerprint density at radius 1 is 1.31 bits per heavy atom. The summed E-state index contributed by atoms with van der Waals surface area (Å²) in [5.41, 5.74) is 5.34. The largest absolute Gasteiger partial charge is 0.486 e. The Morgan fingerprint density at radius 2 is 1.77 bits per heavy atom.